The molecular formula is C21H28N6O3. The van der Waals surface area contributed by atoms with Crippen LogP contribution in [0.2, 0.25) is 0 Å². The molecule has 0 radical (unpaired) electrons. The molecule has 1 saturated heterocycles. The number of nitrogens with zero attached hydrogens (tertiary/aromatic N) is 3. The number of anilines is 2. The van der Waals surface area contributed by atoms with Crippen LogP contribution in [0.1, 0.15) is 31.0 Å². The van der Waals surface area contributed by atoms with E-state index in [0.717, 1.165) is 0 Å². The number of aromatic nitrogens is 2. The van der Waals surface area contributed by atoms with E-state index < -0.39 is 6.10 Å². The highest BCUT2D eigenvalue weighted by Crippen LogP contribution is 2.24. The van der Waals surface area contributed by atoms with E-state index in [-0.39, 0.29) is 11.8 Å². The first-order valence-corrected chi connectivity index (χ1v) is 9.83. The van der Waals surface area contributed by atoms with Crippen LogP contribution < -0.4 is 15.4 Å². The molecule has 1 fully saturated rings. The summed E-state index contributed by atoms with van der Waals surface area (Å²) in [5, 5.41) is 26.6. The quantitative estimate of drug-likeness (QED) is 0.402. The van der Waals surface area contributed by atoms with Crippen LogP contribution in [0.3, 0.4) is 0 Å². The smallest absolute Gasteiger partial charge is 0.132 e. The van der Waals surface area contributed by atoms with Crippen molar-refractivity contribution in [3.63, 3.8) is 0 Å². The van der Waals surface area contributed by atoms with Gasteiger partial charge in [0.1, 0.15) is 24.0 Å². The Bertz CT molecular complexity index is 919. The van der Waals surface area contributed by atoms with Crippen molar-refractivity contribution in [1.82, 2.24) is 9.97 Å². The van der Waals surface area contributed by atoms with Gasteiger partial charge in [0.2, 0.25) is 0 Å². The van der Waals surface area contributed by atoms with Crippen LogP contribution in [-0.2, 0) is 4.74 Å². The largest absolute Gasteiger partial charge is 0.488 e. The molecule has 2 aromatic rings. The van der Waals surface area contributed by atoms with Gasteiger partial charge in [0.05, 0.1) is 30.7 Å². The Kier molecular flexibility index (Phi) is 6.96. The fourth-order valence-electron chi connectivity index (χ4n) is 3.38. The lowest BCUT2D eigenvalue weighted by Crippen LogP contribution is -2.29. The number of hydrogen-bond donors (Lipinski definition) is 4. The normalized spacial score (nSPS) is 18.0. The predicted octanol–water partition coefficient (Wildman–Crippen LogP) is 1.87. The summed E-state index contributed by atoms with van der Waals surface area (Å²) < 4.78 is 10.9. The molecular weight excluding hydrogens is 384 g/mol. The van der Waals surface area contributed by atoms with Crippen LogP contribution >= 0.6 is 0 Å². The summed E-state index contributed by atoms with van der Waals surface area (Å²) in [5.74, 6) is 1.21. The molecule has 1 aromatic carbocycles. The van der Waals surface area contributed by atoms with Gasteiger partial charge < -0.3 is 30.6 Å². The number of aliphatic hydroxyl groups excluding tert-OH is 1. The highest BCUT2D eigenvalue weighted by atomic mass is 16.5. The van der Waals surface area contributed by atoms with Gasteiger partial charge in [-0.25, -0.2) is 9.97 Å². The second-order valence-corrected chi connectivity index (χ2v) is 7.44. The van der Waals surface area contributed by atoms with E-state index in [9.17, 15) is 5.11 Å². The second-order valence-electron chi connectivity index (χ2n) is 7.44. The fourth-order valence-corrected chi connectivity index (χ4v) is 3.38. The highest BCUT2D eigenvalue weighted by molar-refractivity contribution is 6.13. The minimum Gasteiger partial charge on any atom is -0.488 e. The first-order chi connectivity index (χ1) is 14.4. The Labute approximate surface area is 175 Å². The summed E-state index contributed by atoms with van der Waals surface area (Å²) in [6, 6.07) is 6.91. The molecule has 1 aliphatic rings. The zero-order chi connectivity index (χ0) is 21.7. The molecule has 3 rings (SSSR count). The van der Waals surface area contributed by atoms with Gasteiger partial charge in [0.15, 0.2) is 0 Å². The van der Waals surface area contributed by atoms with E-state index in [0.29, 0.717) is 66.8 Å². The molecule has 0 spiro atoms. The monoisotopic (exact) mass is 412 g/mol. The lowest BCUT2D eigenvalue weighted by atomic mass is 10.0. The van der Waals surface area contributed by atoms with E-state index in [4.69, 9.17) is 26.0 Å². The predicted molar refractivity (Wildman–Crippen MR) is 116 cm³/mol. The van der Waals surface area contributed by atoms with Gasteiger partial charge in [-0.2, -0.15) is 0 Å². The summed E-state index contributed by atoms with van der Waals surface area (Å²) in [6.07, 6.45) is 1.69. The number of hydrogen-bond acceptors (Lipinski definition) is 9. The van der Waals surface area contributed by atoms with E-state index in [1.165, 1.54) is 6.33 Å². The van der Waals surface area contributed by atoms with Gasteiger partial charge in [0.25, 0.3) is 0 Å². The second kappa shape index (κ2) is 9.64. The Morgan fingerprint density at radius 3 is 2.93 bits per heavy atom. The van der Waals surface area contributed by atoms with E-state index in [1.807, 2.05) is 11.8 Å². The zero-order valence-electron chi connectivity index (χ0n) is 17.3. The molecule has 5 N–H and O–H groups in total. The Balaban J connectivity index is 1.83. The summed E-state index contributed by atoms with van der Waals surface area (Å²) in [4.78, 5) is 10.5. The molecule has 9 heteroatoms. The van der Waals surface area contributed by atoms with Crippen LogP contribution in [-0.4, -0.2) is 65.5 Å². The number of rotatable bonds is 7. The molecule has 0 amide bonds. The molecule has 0 bridgehead atoms. The van der Waals surface area contributed by atoms with Gasteiger partial charge >= 0.3 is 0 Å². The molecule has 30 heavy (non-hydrogen) atoms. The zero-order valence-corrected chi connectivity index (χ0v) is 17.3. The third-order valence-corrected chi connectivity index (χ3v) is 4.86. The van der Waals surface area contributed by atoms with Crippen molar-refractivity contribution in [3.8, 4) is 5.75 Å². The number of nitrogen functional groups attached to an aromatic ring is 1. The summed E-state index contributed by atoms with van der Waals surface area (Å²) >= 11 is 0. The molecule has 0 aliphatic carbocycles. The van der Waals surface area contributed by atoms with Gasteiger partial charge in [-0.1, -0.05) is 0 Å². The Hall–Kier alpha value is -3.04. The van der Waals surface area contributed by atoms with Crippen molar-refractivity contribution in [2.75, 3.05) is 37.4 Å². The minimum absolute atomic E-state index is 0.139. The average Bonchev–Trinajstić information content (AvgIpc) is 2.89. The summed E-state index contributed by atoms with van der Waals surface area (Å²) in [5.41, 5.74) is 8.12. The number of ether oxygens (including phenoxy) is 2. The summed E-state index contributed by atoms with van der Waals surface area (Å²) in [6.45, 7) is 3.32. The molecule has 2 atom stereocenters. The first-order valence-electron chi connectivity index (χ1n) is 9.83. The molecule has 160 valence electrons. The van der Waals surface area contributed by atoms with Crippen molar-refractivity contribution in [2.45, 2.75) is 32.0 Å². The fraction of sp³-hybridized carbons (Fsp3) is 0.429. The van der Waals surface area contributed by atoms with Crippen molar-refractivity contribution >= 4 is 22.9 Å². The SMILES string of the molecule is COCC(C)Oc1ccc(N)c(C(=N)c2cc(N3CCC(O)CC(=N)C3)ncn2)c1. The van der Waals surface area contributed by atoms with Crippen molar-refractivity contribution < 1.29 is 14.6 Å². The molecule has 1 aromatic heterocycles. The van der Waals surface area contributed by atoms with Crippen LogP contribution in [0.15, 0.2) is 30.6 Å². The van der Waals surface area contributed by atoms with Gasteiger partial charge in [-0.3, -0.25) is 5.41 Å². The third-order valence-electron chi connectivity index (χ3n) is 4.86. The maximum atomic E-state index is 9.90. The molecule has 0 saturated carbocycles. The molecule has 1 aliphatic heterocycles. The summed E-state index contributed by atoms with van der Waals surface area (Å²) in [7, 11) is 1.61. The highest BCUT2D eigenvalue weighted by Gasteiger charge is 2.21. The van der Waals surface area contributed by atoms with Crippen LogP contribution in [0, 0.1) is 10.8 Å². The Morgan fingerprint density at radius 2 is 2.17 bits per heavy atom. The number of methoxy groups -OCH3 is 1. The number of benzene rings is 1. The van der Waals surface area contributed by atoms with Crippen molar-refractivity contribution in [2.24, 2.45) is 0 Å². The number of nitrogens with two attached hydrogens (primary N) is 1. The van der Waals surface area contributed by atoms with E-state index in [1.54, 1.807) is 31.4 Å². The number of nitrogens with one attached hydrogen (secondary N) is 2. The maximum Gasteiger partial charge on any atom is 0.132 e. The van der Waals surface area contributed by atoms with Gasteiger partial charge in [0, 0.05) is 43.1 Å². The third kappa shape index (κ3) is 5.31. The van der Waals surface area contributed by atoms with Crippen LogP contribution in [0.5, 0.6) is 5.75 Å². The number of aliphatic hydroxyl groups is 1. The Morgan fingerprint density at radius 1 is 1.37 bits per heavy atom. The van der Waals surface area contributed by atoms with E-state index in [2.05, 4.69) is 9.97 Å². The van der Waals surface area contributed by atoms with Crippen molar-refractivity contribution in [3.05, 3.63) is 41.9 Å². The lowest BCUT2D eigenvalue weighted by molar-refractivity contribution is 0.0921. The van der Waals surface area contributed by atoms with Crippen LogP contribution in [0.25, 0.3) is 0 Å². The standard InChI is InChI=1S/C21H28N6O3/c1-13(11-29-2)30-16-3-4-18(23)17(8-16)21(24)19-9-20(26-12-25-19)27-6-5-15(28)7-14(22)10-27/h3-4,8-9,12-13,15,22,24,28H,5-7,10-11,23H2,1-2H3. The average molecular weight is 412 g/mol. The minimum atomic E-state index is -0.509. The maximum absolute atomic E-state index is 9.90. The molecule has 2 heterocycles. The lowest BCUT2D eigenvalue weighted by Gasteiger charge is -2.21. The van der Waals surface area contributed by atoms with Gasteiger partial charge in [-0.05, 0) is 31.5 Å². The molecule has 9 nitrogen and oxygen atoms in total. The van der Waals surface area contributed by atoms with Crippen molar-refractivity contribution in [1.29, 1.82) is 10.8 Å². The van der Waals surface area contributed by atoms with Gasteiger partial charge in [-0.15, -0.1) is 0 Å². The topological polar surface area (TPSA) is 141 Å². The van der Waals surface area contributed by atoms with Crippen LogP contribution in [0.4, 0.5) is 11.5 Å². The molecule has 2 unspecified atom stereocenters. The van der Waals surface area contributed by atoms with E-state index >= 15 is 0 Å². The first kappa shape index (κ1) is 21.7.